The Bertz CT molecular complexity index is 1130. The van der Waals surface area contributed by atoms with Crippen molar-refractivity contribution in [2.45, 2.75) is 69.7 Å². The first-order valence-electron chi connectivity index (χ1n) is 14.1. The van der Waals surface area contributed by atoms with Crippen LogP contribution in [0.3, 0.4) is 0 Å². The molecule has 6 atom stereocenters. The Balaban J connectivity index is 1.81. The number of nitrogens with zero attached hydrogens (tertiary/aromatic N) is 2. The number of carbonyl (C=O) groups excluding carboxylic acids is 3. The molecule has 2 unspecified atom stereocenters. The van der Waals surface area contributed by atoms with Gasteiger partial charge in [0.1, 0.15) is 23.3 Å². The van der Waals surface area contributed by atoms with Gasteiger partial charge in [-0.25, -0.2) is 0 Å². The van der Waals surface area contributed by atoms with Crippen molar-refractivity contribution in [1.82, 2.24) is 4.90 Å². The number of carbonyl (C=O) groups is 3. The molecule has 2 bridgehead atoms. The van der Waals surface area contributed by atoms with Crippen LogP contribution in [-0.4, -0.2) is 77.9 Å². The number of hydrogen-bond donors (Lipinski definition) is 1. The van der Waals surface area contributed by atoms with Gasteiger partial charge >= 0.3 is 5.97 Å². The van der Waals surface area contributed by atoms with Crippen molar-refractivity contribution in [3.63, 3.8) is 0 Å². The van der Waals surface area contributed by atoms with E-state index in [4.69, 9.17) is 14.2 Å². The first-order valence-corrected chi connectivity index (χ1v) is 14.1. The number of aliphatic hydroxyl groups is 1. The molecule has 3 aliphatic rings. The number of fused-ring (bicyclic) bond motifs is 1. The van der Waals surface area contributed by atoms with Crippen LogP contribution in [0, 0.1) is 17.8 Å². The first kappa shape index (κ1) is 29.8. The summed E-state index contributed by atoms with van der Waals surface area (Å²) in [6.07, 6.45) is 5.22. The molecule has 2 amide bonds. The number of methoxy groups -OCH3 is 1. The molecule has 1 N–H and O–H groups in total. The van der Waals surface area contributed by atoms with Crippen molar-refractivity contribution in [3.05, 3.63) is 49.6 Å². The van der Waals surface area contributed by atoms with Gasteiger partial charge in [0.25, 0.3) is 5.91 Å². The number of ether oxygens (including phenoxy) is 3. The summed E-state index contributed by atoms with van der Waals surface area (Å²) in [5.41, 5.74) is -1.55. The average Bonchev–Trinajstić information content (AvgIpc) is 3.50. The molecule has 3 aliphatic heterocycles. The predicted octanol–water partition coefficient (Wildman–Crippen LogP) is 3.51. The van der Waals surface area contributed by atoms with Gasteiger partial charge in [-0.15, -0.1) is 13.2 Å². The number of esters is 1. The number of likely N-dealkylation sites (tertiary alicyclic amines) is 1. The van der Waals surface area contributed by atoms with Crippen molar-refractivity contribution in [1.29, 1.82) is 0 Å². The van der Waals surface area contributed by atoms with Gasteiger partial charge < -0.3 is 29.1 Å². The highest BCUT2D eigenvalue weighted by molar-refractivity contribution is 6.05. The molecular weight excluding hydrogens is 512 g/mol. The molecule has 3 fully saturated rings. The molecule has 4 rings (SSSR count). The first-order chi connectivity index (χ1) is 19.1. The van der Waals surface area contributed by atoms with Gasteiger partial charge in [0.15, 0.2) is 0 Å². The standard InChI is InChI=1S/C31H42N2O7/c1-7-9-17-39-29(37)25-24-27(35)33(22(19-34)18-20(3)4)26(31(24)15-14-30(25,5)40-31)28(36)32(16-8-2)21-10-12-23(38-6)13-11-21/h7-8,10-13,20,22,24-26,34H,1-2,9,14-19H2,3-6H3/t22-,24+,25-,26?,30+,31?/m1/s1. The molecule has 1 aromatic carbocycles. The van der Waals surface area contributed by atoms with Crippen LogP contribution in [0.15, 0.2) is 49.6 Å². The highest BCUT2D eigenvalue weighted by Gasteiger charge is 2.79. The largest absolute Gasteiger partial charge is 0.497 e. The van der Waals surface area contributed by atoms with Crippen LogP contribution in [0.2, 0.25) is 0 Å². The number of rotatable bonds is 13. The van der Waals surface area contributed by atoms with E-state index >= 15 is 0 Å². The number of aliphatic hydroxyl groups excluding tert-OH is 1. The monoisotopic (exact) mass is 554 g/mol. The zero-order valence-corrected chi connectivity index (χ0v) is 24.0. The van der Waals surface area contributed by atoms with E-state index in [-0.39, 0.29) is 37.5 Å². The molecule has 9 nitrogen and oxygen atoms in total. The van der Waals surface area contributed by atoms with E-state index in [2.05, 4.69) is 13.2 Å². The number of anilines is 1. The number of hydrogen-bond acceptors (Lipinski definition) is 7. The molecular formula is C31H42N2O7. The quantitative estimate of drug-likeness (QED) is 0.226. The lowest BCUT2D eigenvalue weighted by Crippen LogP contribution is -2.59. The van der Waals surface area contributed by atoms with E-state index in [1.54, 1.807) is 48.4 Å². The lowest BCUT2D eigenvalue weighted by molar-refractivity contribution is -0.160. The molecule has 0 radical (unpaired) electrons. The van der Waals surface area contributed by atoms with Crippen LogP contribution in [0.25, 0.3) is 0 Å². The zero-order chi connectivity index (χ0) is 29.2. The summed E-state index contributed by atoms with van der Waals surface area (Å²) in [6.45, 7) is 13.4. The third kappa shape index (κ3) is 4.94. The van der Waals surface area contributed by atoms with Gasteiger partial charge in [-0.2, -0.15) is 0 Å². The van der Waals surface area contributed by atoms with Gasteiger partial charge in [0.05, 0.1) is 37.9 Å². The summed E-state index contributed by atoms with van der Waals surface area (Å²) in [5, 5.41) is 10.5. The maximum Gasteiger partial charge on any atom is 0.312 e. The Hall–Kier alpha value is -3.17. The van der Waals surface area contributed by atoms with Gasteiger partial charge in [-0.3, -0.25) is 14.4 Å². The maximum atomic E-state index is 14.6. The van der Waals surface area contributed by atoms with E-state index in [0.29, 0.717) is 37.1 Å². The minimum atomic E-state index is -1.22. The molecule has 40 heavy (non-hydrogen) atoms. The summed E-state index contributed by atoms with van der Waals surface area (Å²) in [7, 11) is 1.57. The van der Waals surface area contributed by atoms with E-state index in [0.717, 1.165) is 0 Å². The second kappa shape index (κ2) is 11.7. The highest BCUT2D eigenvalue weighted by Crippen LogP contribution is 2.64. The zero-order valence-electron chi connectivity index (χ0n) is 24.0. The van der Waals surface area contributed by atoms with Crippen LogP contribution in [-0.2, 0) is 23.9 Å². The molecule has 218 valence electrons. The summed E-state index contributed by atoms with van der Waals surface area (Å²) in [6, 6.07) is 5.44. The van der Waals surface area contributed by atoms with Gasteiger partial charge in [0, 0.05) is 12.2 Å². The Morgan fingerprint density at radius 2 is 1.93 bits per heavy atom. The Morgan fingerprint density at radius 1 is 1.23 bits per heavy atom. The van der Waals surface area contributed by atoms with Crippen molar-refractivity contribution in [2.24, 2.45) is 17.8 Å². The number of amides is 2. The van der Waals surface area contributed by atoms with Crippen molar-refractivity contribution >= 4 is 23.5 Å². The maximum absolute atomic E-state index is 14.6. The summed E-state index contributed by atoms with van der Waals surface area (Å²) in [5.74, 6) is -2.13. The van der Waals surface area contributed by atoms with Gasteiger partial charge in [-0.1, -0.05) is 26.0 Å². The fourth-order valence-corrected chi connectivity index (χ4v) is 6.91. The molecule has 3 saturated heterocycles. The molecule has 0 aromatic heterocycles. The topological polar surface area (TPSA) is 106 Å². The Morgan fingerprint density at radius 3 is 2.50 bits per heavy atom. The molecule has 1 spiro atoms. The molecule has 0 aliphatic carbocycles. The van der Waals surface area contributed by atoms with Crippen molar-refractivity contribution in [3.8, 4) is 5.75 Å². The molecule has 0 saturated carbocycles. The summed E-state index contributed by atoms with van der Waals surface area (Å²) >= 11 is 0. The van der Waals surface area contributed by atoms with Crippen molar-refractivity contribution in [2.75, 3.05) is 31.8 Å². The summed E-state index contributed by atoms with van der Waals surface area (Å²) in [4.78, 5) is 45.5. The number of benzene rings is 1. The van der Waals surface area contributed by atoms with Crippen LogP contribution < -0.4 is 9.64 Å². The van der Waals surface area contributed by atoms with Gasteiger partial charge in [-0.05, 0) is 62.8 Å². The minimum absolute atomic E-state index is 0.152. The average molecular weight is 555 g/mol. The van der Waals surface area contributed by atoms with Crippen LogP contribution in [0.1, 0.15) is 46.5 Å². The summed E-state index contributed by atoms with van der Waals surface area (Å²) < 4.78 is 17.5. The van der Waals surface area contributed by atoms with Gasteiger partial charge in [0.2, 0.25) is 5.91 Å². The molecule has 9 heteroatoms. The van der Waals surface area contributed by atoms with Crippen LogP contribution >= 0.6 is 0 Å². The smallest absolute Gasteiger partial charge is 0.312 e. The van der Waals surface area contributed by atoms with E-state index in [1.165, 1.54) is 4.90 Å². The second-order valence-electron chi connectivity index (χ2n) is 11.6. The lowest BCUT2D eigenvalue weighted by Gasteiger charge is -2.40. The Kier molecular flexibility index (Phi) is 8.75. The fraction of sp³-hybridized carbons (Fsp3) is 0.581. The highest BCUT2D eigenvalue weighted by atomic mass is 16.6. The lowest BCUT2D eigenvalue weighted by atomic mass is 9.66. The molecule has 3 heterocycles. The van der Waals surface area contributed by atoms with E-state index < -0.39 is 41.1 Å². The normalized spacial score (nSPS) is 29.3. The minimum Gasteiger partial charge on any atom is -0.497 e. The van der Waals surface area contributed by atoms with E-state index in [1.807, 2.05) is 20.8 Å². The van der Waals surface area contributed by atoms with Crippen LogP contribution in [0.4, 0.5) is 5.69 Å². The molecule has 1 aromatic rings. The third-order valence-electron chi connectivity index (χ3n) is 8.58. The van der Waals surface area contributed by atoms with Crippen molar-refractivity contribution < 1.29 is 33.7 Å². The predicted molar refractivity (Wildman–Crippen MR) is 151 cm³/mol. The Labute approximate surface area is 236 Å². The van der Waals surface area contributed by atoms with Crippen LogP contribution in [0.5, 0.6) is 5.75 Å². The second-order valence-corrected chi connectivity index (χ2v) is 11.6. The van der Waals surface area contributed by atoms with E-state index in [9.17, 15) is 19.5 Å². The fourth-order valence-electron chi connectivity index (χ4n) is 6.91. The third-order valence-corrected chi connectivity index (χ3v) is 8.58. The SMILES string of the molecule is C=CCCOC(=O)[C@H]1[C@H]2C(=O)N([C@@H](CO)CC(C)C)C(C(=O)N(CC=C)c3ccc(OC)cc3)C23CC[C@]1(C)O3.